The molecule has 28 heavy (non-hydrogen) atoms. The number of hydrogen-bond acceptors (Lipinski definition) is 3. The Morgan fingerprint density at radius 2 is 2.04 bits per heavy atom. The van der Waals surface area contributed by atoms with Crippen LogP contribution in [0.5, 0.6) is 0 Å². The van der Waals surface area contributed by atoms with E-state index < -0.39 is 6.10 Å². The van der Waals surface area contributed by atoms with Crippen molar-refractivity contribution >= 4 is 11.7 Å². The standard InChI is InChI=1S/C22H28FN3O2/c1-15-3-8-20(25-22(28)24-2)19(11-15)21(27)14-26-10-9-17(13-26)12-16-4-6-18(23)7-5-16/h3-8,11,17,21,27H,9-10,12-14H2,1-2H3,(H2,24,25,28). The normalized spacial score (nSPS) is 18.1. The van der Waals surface area contributed by atoms with Crippen molar-refractivity contribution in [1.82, 2.24) is 10.2 Å². The van der Waals surface area contributed by atoms with Crippen LogP contribution in [0.1, 0.15) is 29.2 Å². The Kier molecular flexibility index (Phi) is 6.65. The molecule has 3 rings (SSSR count). The van der Waals surface area contributed by atoms with Crippen LogP contribution in [0.25, 0.3) is 0 Å². The molecule has 2 amide bonds. The van der Waals surface area contributed by atoms with Crippen LogP contribution in [0.2, 0.25) is 0 Å². The van der Waals surface area contributed by atoms with Crippen LogP contribution < -0.4 is 10.6 Å². The first-order chi connectivity index (χ1) is 13.4. The monoisotopic (exact) mass is 385 g/mol. The summed E-state index contributed by atoms with van der Waals surface area (Å²) in [5.41, 5.74) is 3.53. The highest BCUT2D eigenvalue weighted by molar-refractivity contribution is 5.90. The topological polar surface area (TPSA) is 64.6 Å². The number of aliphatic hydroxyl groups excluding tert-OH is 1. The predicted molar refractivity (Wildman–Crippen MR) is 109 cm³/mol. The van der Waals surface area contributed by atoms with Crippen LogP contribution in [0.4, 0.5) is 14.9 Å². The van der Waals surface area contributed by atoms with E-state index in [2.05, 4.69) is 15.5 Å². The molecule has 1 aliphatic heterocycles. The lowest BCUT2D eigenvalue weighted by Gasteiger charge is -2.23. The molecule has 150 valence electrons. The summed E-state index contributed by atoms with van der Waals surface area (Å²) in [4.78, 5) is 13.9. The Bertz CT molecular complexity index is 810. The van der Waals surface area contributed by atoms with Crippen LogP contribution in [0.3, 0.4) is 0 Å². The average molecular weight is 385 g/mol. The molecule has 0 spiro atoms. The quantitative estimate of drug-likeness (QED) is 0.713. The molecule has 0 bridgehead atoms. The van der Waals surface area contributed by atoms with E-state index in [1.165, 1.54) is 12.1 Å². The number of carbonyl (C=O) groups is 1. The van der Waals surface area contributed by atoms with E-state index in [9.17, 15) is 14.3 Å². The Hall–Kier alpha value is -2.44. The number of carbonyl (C=O) groups excluding carboxylic acids is 1. The summed E-state index contributed by atoms with van der Waals surface area (Å²) in [6.45, 7) is 4.31. The molecule has 0 aliphatic carbocycles. The maximum atomic E-state index is 13.1. The van der Waals surface area contributed by atoms with Crippen molar-refractivity contribution < 1.29 is 14.3 Å². The first-order valence-corrected chi connectivity index (χ1v) is 9.68. The van der Waals surface area contributed by atoms with Gasteiger partial charge in [-0.2, -0.15) is 0 Å². The van der Waals surface area contributed by atoms with E-state index >= 15 is 0 Å². The molecule has 2 aromatic rings. The lowest BCUT2D eigenvalue weighted by Crippen LogP contribution is -2.29. The summed E-state index contributed by atoms with van der Waals surface area (Å²) in [7, 11) is 1.56. The highest BCUT2D eigenvalue weighted by Crippen LogP contribution is 2.28. The van der Waals surface area contributed by atoms with Gasteiger partial charge in [-0.1, -0.05) is 29.8 Å². The lowest BCUT2D eigenvalue weighted by atomic mass is 9.99. The predicted octanol–water partition coefficient (Wildman–Crippen LogP) is 3.48. The lowest BCUT2D eigenvalue weighted by molar-refractivity contribution is 0.124. The number of nitrogens with one attached hydrogen (secondary N) is 2. The number of aryl methyl sites for hydroxylation is 1. The number of anilines is 1. The van der Waals surface area contributed by atoms with Crippen LogP contribution in [0.15, 0.2) is 42.5 Å². The molecule has 2 atom stereocenters. The third-order valence-corrected chi connectivity index (χ3v) is 5.28. The summed E-state index contributed by atoms with van der Waals surface area (Å²) in [6, 6.07) is 12.0. The number of urea groups is 1. The van der Waals surface area contributed by atoms with Crippen molar-refractivity contribution in [2.75, 3.05) is 32.0 Å². The van der Waals surface area contributed by atoms with Gasteiger partial charge in [0, 0.05) is 31.4 Å². The van der Waals surface area contributed by atoms with E-state index in [1.54, 1.807) is 7.05 Å². The van der Waals surface area contributed by atoms with Crippen molar-refractivity contribution in [1.29, 1.82) is 0 Å². The summed E-state index contributed by atoms with van der Waals surface area (Å²) in [6.07, 6.45) is 1.29. The minimum absolute atomic E-state index is 0.209. The third-order valence-electron chi connectivity index (χ3n) is 5.28. The van der Waals surface area contributed by atoms with Gasteiger partial charge in [-0.15, -0.1) is 0 Å². The number of hydrogen-bond donors (Lipinski definition) is 3. The summed E-state index contributed by atoms with van der Waals surface area (Å²) < 4.78 is 13.1. The average Bonchev–Trinajstić information content (AvgIpc) is 3.11. The Labute approximate surface area is 165 Å². The number of aliphatic hydroxyl groups is 1. The molecule has 5 nitrogen and oxygen atoms in total. The molecular formula is C22H28FN3O2. The third kappa shape index (κ3) is 5.30. The fourth-order valence-electron chi connectivity index (χ4n) is 3.80. The van der Waals surface area contributed by atoms with Gasteiger partial charge in [0.15, 0.2) is 0 Å². The Morgan fingerprint density at radius 1 is 1.29 bits per heavy atom. The van der Waals surface area contributed by atoms with Gasteiger partial charge in [0.05, 0.1) is 6.10 Å². The zero-order chi connectivity index (χ0) is 20.1. The van der Waals surface area contributed by atoms with Gasteiger partial charge in [-0.25, -0.2) is 9.18 Å². The SMILES string of the molecule is CNC(=O)Nc1ccc(C)cc1C(O)CN1CCC(Cc2ccc(F)cc2)C1. The molecule has 2 aromatic carbocycles. The second kappa shape index (κ2) is 9.17. The Morgan fingerprint density at radius 3 is 2.75 bits per heavy atom. The number of rotatable bonds is 6. The molecule has 3 N–H and O–H groups in total. The zero-order valence-electron chi connectivity index (χ0n) is 16.4. The second-order valence-corrected chi connectivity index (χ2v) is 7.56. The van der Waals surface area contributed by atoms with Gasteiger partial charge in [-0.3, -0.25) is 0 Å². The van der Waals surface area contributed by atoms with Gasteiger partial charge in [-0.05, 0) is 56.0 Å². The maximum absolute atomic E-state index is 13.1. The van der Waals surface area contributed by atoms with Crippen molar-refractivity contribution in [3.63, 3.8) is 0 Å². The number of nitrogens with zero attached hydrogens (tertiary/aromatic N) is 1. The van der Waals surface area contributed by atoms with Crippen LogP contribution >= 0.6 is 0 Å². The first-order valence-electron chi connectivity index (χ1n) is 9.68. The summed E-state index contributed by atoms with van der Waals surface area (Å²) in [5.74, 6) is 0.290. The van der Waals surface area contributed by atoms with Gasteiger partial charge in [0.2, 0.25) is 0 Å². The van der Waals surface area contributed by atoms with Crippen molar-refractivity contribution in [2.24, 2.45) is 5.92 Å². The van der Waals surface area contributed by atoms with Gasteiger partial charge < -0.3 is 20.6 Å². The van der Waals surface area contributed by atoms with Crippen LogP contribution in [-0.4, -0.2) is 42.7 Å². The number of amides is 2. The minimum atomic E-state index is -0.684. The molecule has 0 saturated carbocycles. The van der Waals surface area contributed by atoms with Crippen LogP contribution in [0, 0.1) is 18.7 Å². The van der Waals surface area contributed by atoms with Gasteiger partial charge >= 0.3 is 6.03 Å². The maximum Gasteiger partial charge on any atom is 0.318 e. The molecule has 2 unspecified atom stereocenters. The van der Waals surface area contributed by atoms with E-state index in [4.69, 9.17) is 0 Å². The molecule has 1 fully saturated rings. The summed E-state index contributed by atoms with van der Waals surface area (Å²) in [5, 5.41) is 16.1. The van der Waals surface area contributed by atoms with Gasteiger partial charge in [0.1, 0.15) is 5.82 Å². The van der Waals surface area contributed by atoms with Crippen molar-refractivity contribution in [3.8, 4) is 0 Å². The van der Waals surface area contributed by atoms with Crippen molar-refractivity contribution in [3.05, 3.63) is 65.0 Å². The zero-order valence-corrected chi connectivity index (χ0v) is 16.4. The van der Waals surface area contributed by atoms with E-state index in [-0.39, 0.29) is 11.8 Å². The smallest absolute Gasteiger partial charge is 0.318 e. The van der Waals surface area contributed by atoms with E-state index in [0.29, 0.717) is 18.2 Å². The van der Waals surface area contributed by atoms with E-state index in [0.717, 1.165) is 42.6 Å². The van der Waals surface area contributed by atoms with E-state index in [1.807, 2.05) is 37.3 Å². The molecule has 1 saturated heterocycles. The Balaban J connectivity index is 1.60. The van der Waals surface area contributed by atoms with Crippen molar-refractivity contribution in [2.45, 2.75) is 25.9 Å². The molecule has 0 aromatic heterocycles. The molecule has 1 heterocycles. The summed E-state index contributed by atoms with van der Waals surface area (Å²) >= 11 is 0. The number of halogens is 1. The fraction of sp³-hybridized carbons (Fsp3) is 0.409. The molecule has 1 aliphatic rings. The second-order valence-electron chi connectivity index (χ2n) is 7.56. The largest absolute Gasteiger partial charge is 0.387 e. The fourth-order valence-corrected chi connectivity index (χ4v) is 3.80. The first kappa shape index (κ1) is 20.3. The molecule has 0 radical (unpaired) electrons. The number of likely N-dealkylation sites (tertiary alicyclic amines) is 1. The highest BCUT2D eigenvalue weighted by Gasteiger charge is 2.25. The highest BCUT2D eigenvalue weighted by atomic mass is 19.1. The molecule has 6 heteroatoms. The number of benzene rings is 2. The van der Waals surface area contributed by atoms with Crippen LogP contribution in [-0.2, 0) is 6.42 Å². The molecular weight excluding hydrogens is 357 g/mol. The number of β-amino-alcohol motifs (C(OH)–C–C–N with tert-alkyl or cyclic N) is 1. The minimum Gasteiger partial charge on any atom is -0.387 e. The van der Waals surface area contributed by atoms with Gasteiger partial charge in [0.25, 0.3) is 0 Å².